The Kier molecular flexibility index (Phi) is 2.76. The average Bonchev–Trinajstić information content (AvgIpc) is 2.74. The predicted octanol–water partition coefficient (Wildman–Crippen LogP) is 1.96. The van der Waals surface area contributed by atoms with E-state index < -0.39 is 0 Å². The summed E-state index contributed by atoms with van der Waals surface area (Å²) in [7, 11) is 1.74. The van der Waals surface area contributed by atoms with E-state index in [1.807, 2.05) is 12.1 Å². The maximum absolute atomic E-state index is 8.83. The average molecular weight is 224 g/mol. The maximum Gasteiger partial charge on any atom is 0.217 e. The third-order valence-electron chi connectivity index (χ3n) is 2.16. The van der Waals surface area contributed by atoms with Gasteiger partial charge in [0.15, 0.2) is 0 Å². The Labute approximate surface area is 98.1 Å². The van der Waals surface area contributed by atoms with Crippen LogP contribution in [0, 0.1) is 22.7 Å². The minimum Gasteiger partial charge on any atom is -0.439 e. The Bertz CT molecular complexity index is 598. The Morgan fingerprint density at radius 1 is 1.18 bits per heavy atom. The molecule has 0 radical (unpaired) electrons. The minimum atomic E-state index is 0.390. The van der Waals surface area contributed by atoms with Crippen LogP contribution in [-0.2, 0) is 7.05 Å². The van der Waals surface area contributed by atoms with E-state index >= 15 is 0 Å². The number of nitrogens with zero attached hydrogens (tertiary/aromatic N) is 4. The number of ether oxygens (including phenoxy) is 1. The maximum atomic E-state index is 8.83. The SMILES string of the molecule is Cn1nccc1Oc1cc(C#N)cc(C#N)c1. The Morgan fingerprint density at radius 2 is 1.82 bits per heavy atom. The molecule has 0 saturated heterocycles. The lowest BCUT2D eigenvalue weighted by Crippen LogP contribution is -1.95. The number of benzene rings is 1. The number of rotatable bonds is 2. The second kappa shape index (κ2) is 4.38. The van der Waals surface area contributed by atoms with Crippen molar-refractivity contribution in [3.63, 3.8) is 0 Å². The van der Waals surface area contributed by atoms with Gasteiger partial charge in [0.05, 0.1) is 29.5 Å². The molecule has 1 aromatic carbocycles. The topological polar surface area (TPSA) is 74.6 Å². The molecule has 0 aliphatic rings. The summed E-state index contributed by atoms with van der Waals surface area (Å²) < 4.78 is 7.09. The van der Waals surface area contributed by atoms with Crippen molar-refractivity contribution < 1.29 is 4.74 Å². The summed E-state index contributed by atoms with van der Waals surface area (Å²) in [5, 5.41) is 21.6. The summed E-state index contributed by atoms with van der Waals surface area (Å²) in [4.78, 5) is 0. The van der Waals surface area contributed by atoms with Gasteiger partial charge in [-0.05, 0) is 18.2 Å². The fourth-order valence-electron chi connectivity index (χ4n) is 1.37. The number of aryl methyl sites for hydroxylation is 1. The Morgan fingerprint density at radius 3 is 2.29 bits per heavy atom. The molecule has 5 nitrogen and oxygen atoms in total. The summed E-state index contributed by atoms with van der Waals surface area (Å²) >= 11 is 0. The third kappa shape index (κ3) is 2.24. The third-order valence-corrected chi connectivity index (χ3v) is 2.16. The van der Waals surface area contributed by atoms with E-state index in [0.29, 0.717) is 22.8 Å². The largest absolute Gasteiger partial charge is 0.439 e. The molecular formula is C12H8N4O. The first-order chi connectivity index (χ1) is 8.22. The molecule has 0 aliphatic carbocycles. The van der Waals surface area contributed by atoms with Crippen LogP contribution in [0.3, 0.4) is 0 Å². The molecule has 2 aromatic rings. The van der Waals surface area contributed by atoms with E-state index in [1.165, 1.54) is 6.07 Å². The van der Waals surface area contributed by atoms with Gasteiger partial charge in [0.2, 0.25) is 5.88 Å². The van der Waals surface area contributed by atoms with Gasteiger partial charge in [0.25, 0.3) is 0 Å². The molecule has 2 rings (SSSR count). The zero-order valence-electron chi connectivity index (χ0n) is 9.08. The molecule has 0 aliphatic heterocycles. The lowest BCUT2D eigenvalue weighted by molar-refractivity contribution is 0.430. The van der Waals surface area contributed by atoms with Gasteiger partial charge in [0.1, 0.15) is 5.75 Å². The number of hydrogen-bond acceptors (Lipinski definition) is 4. The number of aromatic nitrogens is 2. The van der Waals surface area contributed by atoms with E-state index in [1.54, 1.807) is 36.1 Å². The van der Waals surface area contributed by atoms with E-state index in [4.69, 9.17) is 15.3 Å². The normalized spacial score (nSPS) is 9.35. The van der Waals surface area contributed by atoms with E-state index in [2.05, 4.69) is 5.10 Å². The predicted molar refractivity (Wildman–Crippen MR) is 59.2 cm³/mol. The fourth-order valence-corrected chi connectivity index (χ4v) is 1.37. The molecule has 0 N–H and O–H groups in total. The van der Waals surface area contributed by atoms with Crippen LogP contribution >= 0.6 is 0 Å². The van der Waals surface area contributed by atoms with Gasteiger partial charge in [-0.1, -0.05) is 0 Å². The van der Waals surface area contributed by atoms with Crippen LogP contribution in [0.4, 0.5) is 0 Å². The molecule has 82 valence electrons. The van der Waals surface area contributed by atoms with Gasteiger partial charge < -0.3 is 4.74 Å². The number of nitriles is 2. The summed E-state index contributed by atoms with van der Waals surface area (Å²) in [6.07, 6.45) is 1.61. The smallest absolute Gasteiger partial charge is 0.217 e. The monoisotopic (exact) mass is 224 g/mol. The van der Waals surface area contributed by atoms with Crippen LogP contribution < -0.4 is 4.74 Å². The van der Waals surface area contributed by atoms with E-state index in [9.17, 15) is 0 Å². The first-order valence-corrected chi connectivity index (χ1v) is 4.84. The molecule has 1 heterocycles. The van der Waals surface area contributed by atoms with Crippen molar-refractivity contribution in [2.45, 2.75) is 0 Å². The van der Waals surface area contributed by atoms with Crippen LogP contribution in [0.5, 0.6) is 11.6 Å². The molecule has 0 spiro atoms. The fraction of sp³-hybridized carbons (Fsp3) is 0.0833. The van der Waals surface area contributed by atoms with Crippen molar-refractivity contribution in [3.05, 3.63) is 41.6 Å². The standard InChI is InChI=1S/C12H8N4O/c1-16-12(2-3-15-16)17-11-5-9(7-13)4-10(6-11)8-14/h2-6H,1H3. The zero-order chi connectivity index (χ0) is 12.3. The van der Waals surface area contributed by atoms with Gasteiger partial charge in [-0.3, -0.25) is 0 Å². The van der Waals surface area contributed by atoms with Crippen molar-refractivity contribution in [1.82, 2.24) is 9.78 Å². The van der Waals surface area contributed by atoms with Gasteiger partial charge in [-0.15, -0.1) is 0 Å². The van der Waals surface area contributed by atoms with E-state index in [0.717, 1.165) is 0 Å². The van der Waals surface area contributed by atoms with Gasteiger partial charge in [-0.2, -0.15) is 15.6 Å². The highest BCUT2D eigenvalue weighted by molar-refractivity contribution is 5.46. The van der Waals surface area contributed by atoms with Crippen molar-refractivity contribution in [2.75, 3.05) is 0 Å². The van der Waals surface area contributed by atoms with Crippen molar-refractivity contribution in [2.24, 2.45) is 7.05 Å². The van der Waals surface area contributed by atoms with Crippen LogP contribution in [0.25, 0.3) is 0 Å². The Balaban J connectivity index is 2.37. The van der Waals surface area contributed by atoms with Crippen molar-refractivity contribution in [3.8, 4) is 23.8 Å². The molecule has 0 unspecified atom stereocenters. The summed E-state index contributed by atoms with van der Waals surface area (Å²) in [6, 6.07) is 10.3. The highest BCUT2D eigenvalue weighted by Crippen LogP contribution is 2.22. The summed E-state index contributed by atoms with van der Waals surface area (Å²) in [5.41, 5.74) is 0.780. The lowest BCUT2D eigenvalue weighted by Gasteiger charge is -2.05. The van der Waals surface area contributed by atoms with Crippen LogP contribution in [0.2, 0.25) is 0 Å². The van der Waals surface area contributed by atoms with E-state index in [-0.39, 0.29) is 0 Å². The highest BCUT2D eigenvalue weighted by Gasteiger charge is 2.05. The lowest BCUT2D eigenvalue weighted by atomic mass is 10.1. The van der Waals surface area contributed by atoms with Gasteiger partial charge >= 0.3 is 0 Å². The molecule has 0 saturated carbocycles. The molecule has 0 atom stereocenters. The van der Waals surface area contributed by atoms with Crippen LogP contribution in [0.1, 0.15) is 11.1 Å². The molecule has 1 aromatic heterocycles. The van der Waals surface area contributed by atoms with Crippen LogP contribution in [0.15, 0.2) is 30.5 Å². The van der Waals surface area contributed by atoms with Gasteiger partial charge in [0, 0.05) is 13.1 Å². The van der Waals surface area contributed by atoms with Crippen molar-refractivity contribution in [1.29, 1.82) is 10.5 Å². The summed E-state index contributed by atoms with van der Waals surface area (Å²) in [6.45, 7) is 0. The molecule has 0 amide bonds. The second-order valence-corrected chi connectivity index (χ2v) is 3.36. The zero-order valence-corrected chi connectivity index (χ0v) is 9.08. The van der Waals surface area contributed by atoms with Gasteiger partial charge in [-0.25, -0.2) is 4.68 Å². The molecule has 17 heavy (non-hydrogen) atoms. The molecule has 0 bridgehead atoms. The summed E-state index contributed by atoms with van der Waals surface area (Å²) in [5.74, 6) is 0.994. The molecular weight excluding hydrogens is 216 g/mol. The minimum absolute atomic E-state index is 0.390. The Hall–Kier alpha value is -2.79. The number of hydrogen-bond donors (Lipinski definition) is 0. The molecule has 0 fully saturated rings. The first kappa shape index (κ1) is 10.7. The second-order valence-electron chi connectivity index (χ2n) is 3.36. The first-order valence-electron chi connectivity index (χ1n) is 4.84. The molecule has 5 heteroatoms. The van der Waals surface area contributed by atoms with Crippen LogP contribution in [-0.4, -0.2) is 9.78 Å². The van der Waals surface area contributed by atoms with Crippen molar-refractivity contribution >= 4 is 0 Å². The highest BCUT2D eigenvalue weighted by atomic mass is 16.5. The quantitative estimate of drug-likeness (QED) is 0.781.